The molecule has 2 aromatic heterocycles. The first-order chi connectivity index (χ1) is 12.0. The van der Waals surface area contributed by atoms with Gasteiger partial charge in [0.15, 0.2) is 0 Å². The van der Waals surface area contributed by atoms with E-state index in [1.54, 1.807) is 6.07 Å². The molecule has 0 atom stereocenters. The predicted molar refractivity (Wildman–Crippen MR) is 92.9 cm³/mol. The fourth-order valence-electron chi connectivity index (χ4n) is 3.09. The molecule has 1 fully saturated rings. The van der Waals surface area contributed by atoms with Gasteiger partial charge >= 0.3 is 0 Å². The Hall–Kier alpha value is -2.12. The molecule has 3 heterocycles. The third-order valence-corrected chi connectivity index (χ3v) is 4.81. The minimum absolute atomic E-state index is 0.100. The molecule has 2 aromatic rings. The molecule has 3 N–H and O–H groups in total. The van der Waals surface area contributed by atoms with Crippen LogP contribution in [0.2, 0.25) is 0 Å². The standard InChI is InChI=1S/C18H26N4O3/c1-12-13(2)25-17(21-12)10-22-5-3-14(4-6-22)9-20-18(23)15-7-16(8-19)24-11-15/h7,11,14H,3-6,8-10,19H2,1-2H3,(H,20,23). The Bertz CT molecular complexity index is 694. The number of furan rings is 1. The fourth-order valence-corrected chi connectivity index (χ4v) is 3.09. The minimum atomic E-state index is -0.100. The number of amides is 1. The molecule has 1 amide bonds. The lowest BCUT2D eigenvalue weighted by Gasteiger charge is -2.31. The maximum absolute atomic E-state index is 12.1. The van der Waals surface area contributed by atoms with Crippen LogP contribution in [0.25, 0.3) is 0 Å². The smallest absolute Gasteiger partial charge is 0.254 e. The van der Waals surface area contributed by atoms with Crippen LogP contribution >= 0.6 is 0 Å². The predicted octanol–water partition coefficient (Wildman–Crippen LogP) is 1.99. The largest absolute Gasteiger partial charge is 0.467 e. The molecular formula is C18H26N4O3. The van der Waals surface area contributed by atoms with Gasteiger partial charge in [-0.15, -0.1) is 0 Å². The lowest BCUT2D eigenvalue weighted by atomic mass is 9.96. The van der Waals surface area contributed by atoms with Crippen LogP contribution < -0.4 is 11.1 Å². The first kappa shape index (κ1) is 17.7. The number of rotatable bonds is 6. The van der Waals surface area contributed by atoms with E-state index < -0.39 is 0 Å². The zero-order chi connectivity index (χ0) is 17.8. The number of oxazole rings is 1. The van der Waals surface area contributed by atoms with E-state index in [2.05, 4.69) is 15.2 Å². The van der Waals surface area contributed by atoms with Gasteiger partial charge in [-0.25, -0.2) is 4.98 Å². The monoisotopic (exact) mass is 346 g/mol. The first-order valence-electron chi connectivity index (χ1n) is 8.76. The SMILES string of the molecule is Cc1nc(CN2CCC(CNC(=O)c3coc(CN)c3)CC2)oc1C. The third kappa shape index (κ3) is 4.49. The van der Waals surface area contributed by atoms with Crippen LogP contribution in [-0.2, 0) is 13.1 Å². The van der Waals surface area contributed by atoms with Crippen molar-refractivity contribution in [3.8, 4) is 0 Å². The zero-order valence-corrected chi connectivity index (χ0v) is 14.9. The summed E-state index contributed by atoms with van der Waals surface area (Å²) in [6, 6.07) is 1.69. The molecule has 0 spiro atoms. The summed E-state index contributed by atoms with van der Waals surface area (Å²) in [5, 5.41) is 2.99. The van der Waals surface area contributed by atoms with Crippen molar-refractivity contribution in [1.29, 1.82) is 0 Å². The fraction of sp³-hybridized carbons (Fsp3) is 0.556. The average Bonchev–Trinajstić information content (AvgIpc) is 3.21. The van der Waals surface area contributed by atoms with Crippen LogP contribution in [0, 0.1) is 19.8 Å². The van der Waals surface area contributed by atoms with Gasteiger partial charge in [0.1, 0.15) is 17.8 Å². The normalized spacial score (nSPS) is 16.3. The van der Waals surface area contributed by atoms with E-state index in [1.807, 2.05) is 13.8 Å². The molecule has 0 radical (unpaired) electrons. The molecule has 0 unspecified atom stereocenters. The van der Waals surface area contributed by atoms with Crippen LogP contribution in [0.1, 0.15) is 46.3 Å². The molecule has 0 aromatic carbocycles. The molecule has 136 valence electrons. The van der Waals surface area contributed by atoms with Gasteiger partial charge in [-0.05, 0) is 51.8 Å². The summed E-state index contributed by atoms with van der Waals surface area (Å²) in [6.45, 7) is 7.63. The molecular weight excluding hydrogens is 320 g/mol. The number of piperidine rings is 1. The van der Waals surface area contributed by atoms with Crippen molar-refractivity contribution in [1.82, 2.24) is 15.2 Å². The minimum Gasteiger partial charge on any atom is -0.467 e. The molecule has 0 aliphatic carbocycles. The van der Waals surface area contributed by atoms with E-state index in [9.17, 15) is 4.79 Å². The van der Waals surface area contributed by atoms with Gasteiger partial charge in [0, 0.05) is 6.54 Å². The number of hydrogen-bond donors (Lipinski definition) is 2. The van der Waals surface area contributed by atoms with E-state index in [0.29, 0.717) is 30.3 Å². The molecule has 7 heteroatoms. The molecule has 0 bridgehead atoms. The van der Waals surface area contributed by atoms with Crippen molar-refractivity contribution in [3.05, 3.63) is 41.0 Å². The van der Waals surface area contributed by atoms with Gasteiger partial charge < -0.3 is 19.9 Å². The van der Waals surface area contributed by atoms with Crippen molar-refractivity contribution in [2.45, 2.75) is 39.8 Å². The van der Waals surface area contributed by atoms with E-state index >= 15 is 0 Å². The lowest BCUT2D eigenvalue weighted by molar-refractivity contribution is 0.0933. The van der Waals surface area contributed by atoms with Crippen molar-refractivity contribution in [2.24, 2.45) is 11.7 Å². The summed E-state index contributed by atoms with van der Waals surface area (Å²) in [5.74, 6) is 2.70. The number of likely N-dealkylation sites (tertiary alicyclic amines) is 1. The molecule has 1 aliphatic rings. The number of aryl methyl sites for hydroxylation is 2. The van der Waals surface area contributed by atoms with Gasteiger partial charge in [0.2, 0.25) is 5.89 Å². The number of carbonyl (C=O) groups is 1. The number of carbonyl (C=O) groups excluding carboxylic acids is 1. The van der Waals surface area contributed by atoms with E-state index in [4.69, 9.17) is 14.6 Å². The second-order valence-corrected chi connectivity index (χ2v) is 6.68. The second kappa shape index (κ2) is 7.84. The number of hydrogen-bond acceptors (Lipinski definition) is 6. The number of nitrogens with one attached hydrogen (secondary N) is 1. The first-order valence-corrected chi connectivity index (χ1v) is 8.76. The molecule has 1 saturated heterocycles. The van der Waals surface area contributed by atoms with Crippen LogP contribution in [0.3, 0.4) is 0 Å². The summed E-state index contributed by atoms with van der Waals surface area (Å²) in [6.07, 6.45) is 3.57. The highest BCUT2D eigenvalue weighted by Gasteiger charge is 2.21. The Morgan fingerprint density at radius 2 is 2.16 bits per heavy atom. The summed E-state index contributed by atoms with van der Waals surface area (Å²) >= 11 is 0. The van der Waals surface area contributed by atoms with Crippen LogP contribution in [0.15, 0.2) is 21.2 Å². The van der Waals surface area contributed by atoms with Crippen molar-refractivity contribution in [3.63, 3.8) is 0 Å². The van der Waals surface area contributed by atoms with Crippen molar-refractivity contribution < 1.29 is 13.6 Å². The quantitative estimate of drug-likeness (QED) is 0.830. The lowest BCUT2D eigenvalue weighted by Crippen LogP contribution is -2.38. The van der Waals surface area contributed by atoms with Gasteiger partial charge in [-0.1, -0.05) is 0 Å². The number of aromatic nitrogens is 1. The van der Waals surface area contributed by atoms with Gasteiger partial charge in [0.05, 0.1) is 24.3 Å². The molecule has 1 aliphatic heterocycles. The van der Waals surface area contributed by atoms with Crippen LogP contribution in [0.5, 0.6) is 0 Å². The molecule has 25 heavy (non-hydrogen) atoms. The third-order valence-electron chi connectivity index (χ3n) is 4.81. The second-order valence-electron chi connectivity index (χ2n) is 6.68. The van der Waals surface area contributed by atoms with E-state index in [-0.39, 0.29) is 5.91 Å². The number of nitrogens with two attached hydrogens (primary N) is 1. The van der Waals surface area contributed by atoms with Gasteiger partial charge in [0.25, 0.3) is 5.91 Å². The van der Waals surface area contributed by atoms with Gasteiger partial charge in [-0.3, -0.25) is 9.69 Å². The maximum Gasteiger partial charge on any atom is 0.254 e. The van der Waals surface area contributed by atoms with E-state index in [0.717, 1.165) is 49.8 Å². The summed E-state index contributed by atoms with van der Waals surface area (Å²) < 4.78 is 10.9. The van der Waals surface area contributed by atoms with Crippen LogP contribution in [0.4, 0.5) is 0 Å². The van der Waals surface area contributed by atoms with Crippen molar-refractivity contribution in [2.75, 3.05) is 19.6 Å². The highest BCUT2D eigenvalue weighted by Crippen LogP contribution is 2.19. The molecule has 3 rings (SSSR count). The Kier molecular flexibility index (Phi) is 5.55. The Balaban J connectivity index is 1.41. The Morgan fingerprint density at radius 1 is 1.40 bits per heavy atom. The van der Waals surface area contributed by atoms with E-state index in [1.165, 1.54) is 6.26 Å². The highest BCUT2D eigenvalue weighted by atomic mass is 16.4. The highest BCUT2D eigenvalue weighted by molar-refractivity contribution is 5.93. The molecule has 0 saturated carbocycles. The van der Waals surface area contributed by atoms with Crippen LogP contribution in [-0.4, -0.2) is 35.4 Å². The average molecular weight is 346 g/mol. The Labute approximate surface area is 147 Å². The topological polar surface area (TPSA) is 97.5 Å². The summed E-state index contributed by atoms with van der Waals surface area (Å²) in [7, 11) is 0. The zero-order valence-electron chi connectivity index (χ0n) is 14.9. The summed E-state index contributed by atoms with van der Waals surface area (Å²) in [4.78, 5) is 18.9. The van der Waals surface area contributed by atoms with Crippen molar-refractivity contribution >= 4 is 5.91 Å². The maximum atomic E-state index is 12.1. The van der Waals surface area contributed by atoms with Gasteiger partial charge in [-0.2, -0.15) is 0 Å². The number of nitrogens with zero attached hydrogens (tertiary/aromatic N) is 2. The Morgan fingerprint density at radius 3 is 2.76 bits per heavy atom. The molecule has 7 nitrogen and oxygen atoms in total. The summed E-state index contributed by atoms with van der Waals surface area (Å²) in [5.41, 5.74) is 6.99.